The van der Waals surface area contributed by atoms with Crippen LogP contribution in [-0.4, -0.2) is 66.7 Å². The van der Waals surface area contributed by atoms with Gasteiger partial charge in [0.15, 0.2) is 0 Å². The number of hydrogen-bond acceptors (Lipinski definition) is 4. The van der Waals surface area contributed by atoms with Crippen molar-refractivity contribution in [3.05, 3.63) is 29.8 Å². The zero-order valence-corrected chi connectivity index (χ0v) is 13.9. The molecule has 0 radical (unpaired) electrons. The van der Waals surface area contributed by atoms with Crippen molar-refractivity contribution >= 4 is 24.0 Å². The van der Waals surface area contributed by atoms with E-state index >= 15 is 0 Å². The highest BCUT2D eigenvalue weighted by atomic mass is 35.5. The fraction of sp³-hybridized carbons (Fsp3) is 0.562. The predicted octanol–water partition coefficient (Wildman–Crippen LogP) is 1.36. The van der Waals surface area contributed by atoms with Crippen LogP contribution in [0, 0.1) is 6.92 Å². The van der Waals surface area contributed by atoms with Gasteiger partial charge in [-0.05, 0) is 19.1 Å². The minimum atomic E-state index is 0. The Hall–Kier alpha value is -1.14. The number of nitrogens with one attached hydrogen (secondary N) is 1. The van der Waals surface area contributed by atoms with Crippen LogP contribution in [-0.2, 0) is 4.79 Å². The van der Waals surface area contributed by atoms with Gasteiger partial charge in [0.2, 0.25) is 5.91 Å². The van der Waals surface area contributed by atoms with E-state index in [0.717, 1.165) is 45.0 Å². The Morgan fingerprint density at radius 3 is 2.18 bits per heavy atom. The van der Waals surface area contributed by atoms with Crippen molar-refractivity contribution in [1.82, 2.24) is 9.80 Å². The highest BCUT2D eigenvalue weighted by Gasteiger charge is 2.16. The first-order valence-corrected chi connectivity index (χ1v) is 7.59. The molecule has 0 unspecified atom stereocenters. The average molecular weight is 328 g/mol. The van der Waals surface area contributed by atoms with E-state index in [1.54, 1.807) is 0 Å². The molecule has 0 atom stereocenters. The molecular formula is C16H26ClN3O2. The molecule has 1 amide bonds. The Balaban J connectivity index is 0.00000242. The lowest BCUT2D eigenvalue weighted by Gasteiger charge is -2.34. The SMILES string of the molecule is Cc1ccc(NC(=O)CCN2CCN(CCO)CC2)cc1.Cl. The van der Waals surface area contributed by atoms with Gasteiger partial charge in [-0.3, -0.25) is 9.69 Å². The van der Waals surface area contributed by atoms with Crippen molar-refractivity contribution in [1.29, 1.82) is 0 Å². The second kappa shape index (κ2) is 9.79. The zero-order chi connectivity index (χ0) is 15.1. The molecule has 1 aliphatic rings. The molecule has 0 aromatic heterocycles. The van der Waals surface area contributed by atoms with Gasteiger partial charge in [-0.15, -0.1) is 12.4 Å². The number of anilines is 1. The monoisotopic (exact) mass is 327 g/mol. The summed E-state index contributed by atoms with van der Waals surface area (Å²) in [6.07, 6.45) is 0.522. The van der Waals surface area contributed by atoms with Crippen LogP contribution in [0.25, 0.3) is 0 Å². The summed E-state index contributed by atoms with van der Waals surface area (Å²) in [5.74, 6) is 0.0663. The molecule has 1 saturated heterocycles. The second-order valence-electron chi connectivity index (χ2n) is 5.57. The van der Waals surface area contributed by atoms with Crippen LogP contribution in [0.15, 0.2) is 24.3 Å². The summed E-state index contributed by atoms with van der Waals surface area (Å²) in [5.41, 5.74) is 2.05. The van der Waals surface area contributed by atoms with Gasteiger partial charge in [0.1, 0.15) is 0 Å². The van der Waals surface area contributed by atoms with Gasteiger partial charge in [0, 0.05) is 51.4 Å². The largest absolute Gasteiger partial charge is 0.395 e. The molecule has 2 rings (SSSR count). The molecule has 1 aromatic rings. The number of amides is 1. The van der Waals surface area contributed by atoms with Crippen molar-refractivity contribution in [2.45, 2.75) is 13.3 Å². The molecule has 1 aromatic carbocycles. The van der Waals surface area contributed by atoms with Gasteiger partial charge in [0.05, 0.1) is 6.61 Å². The Morgan fingerprint density at radius 2 is 1.64 bits per heavy atom. The normalized spacial score (nSPS) is 16.1. The molecule has 22 heavy (non-hydrogen) atoms. The van der Waals surface area contributed by atoms with Crippen molar-refractivity contribution in [2.24, 2.45) is 0 Å². The third-order valence-electron chi connectivity index (χ3n) is 3.87. The number of hydrogen-bond donors (Lipinski definition) is 2. The summed E-state index contributed by atoms with van der Waals surface area (Å²) in [6.45, 7) is 7.68. The summed E-state index contributed by atoms with van der Waals surface area (Å²) in [4.78, 5) is 16.5. The maximum atomic E-state index is 11.9. The molecule has 6 heteroatoms. The number of benzene rings is 1. The number of nitrogens with zero attached hydrogens (tertiary/aromatic N) is 2. The minimum Gasteiger partial charge on any atom is -0.395 e. The zero-order valence-electron chi connectivity index (χ0n) is 13.1. The fourth-order valence-electron chi connectivity index (χ4n) is 2.50. The van der Waals surface area contributed by atoms with Crippen LogP contribution in [0.4, 0.5) is 5.69 Å². The number of rotatable bonds is 6. The van der Waals surface area contributed by atoms with Crippen LogP contribution in [0.1, 0.15) is 12.0 Å². The Labute approximate surface area is 138 Å². The standard InChI is InChI=1S/C16H25N3O2.ClH/c1-14-2-4-15(5-3-14)17-16(21)6-7-18-8-10-19(11-9-18)12-13-20;/h2-5,20H,6-13H2,1H3,(H,17,21);1H. The first-order valence-electron chi connectivity index (χ1n) is 7.59. The van der Waals surface area contributed by atoms with Gasteiger partial charge < -0.3 is 15.3 Å². The third kappa shape index (κ3) is 6.32. The third-order valence-corrected chi connectivity index (χ3v) is 3.87. The van der Waals surface area contributed by atoms with Gasteiger partial charge in [-0.2, -0.15) is 0 Å². The first-order chi connectivity index (χ1) is 10.2. The van der Waals surface area contributed by atoms with E-state index in [9.17, 15) is 4.79 Å². The van der Waals surface area contributed by atoms with Crippen molar-refractivity contribution in [3.8, 4) is 0 Å². The molecule has 1 aliphatic heterocycles. The van der Waals surface area contributed by atoms with Gasteiger partial charge in [-0.25, -0.2) is 0 Å². The molecule has 0 aliphatic carbocycles. The average Bonchev–Trinajstić information content (AvgIpc) is 2.49. The number of aliphatic hydroxyl groups excluding tert-OH is 1. The smallest absolute Gasteiger partial charge is 0.225 e. The molecule has 5 nitrogen and oxygen atoms in total. The number of carbonyl (C=O) groups excluding carboxylic acids is 1. The Bertz CT molecular complexity index is 445. The highest BCUT2D eigenvalue weighted by Crippen LogP contribution is 2.09. The topological polar surface area (TPSA) is 55.8 Å². The quantitative estimate of drug-likeness (QED) is 0.828. The van der Waals surface area contributed by atoms with E-state index in [1.165, 1.54) is 5.56 Å². The van der Waals surface area contributed by atoms with Crippen LogP contribution < -0.4 is 5.32 Å². The highest BCUT2D eigenvalue weighted by molar-refractivity contribution is 5.90. The van der Waals surface area contributed by atoms with E-state index < -0.39 is 0 Å². The number of halogens is 1. The lowest BCUT2D eigenvalue weighted by Crippen LogP contribution is -2.47. The minimum absolute atomic E-state index is 0. The van der Waals surface area contributed by atoms with Crippen LogP contribution in [0.3, 0.4) is 0 Å². The van der Waals surface area contributed by atoms with E-state index in [2.05, 4.69) is 15.1 Å². The van der Waals surface area contributed by atoms with Crippen LogP contribution in [0.5, 0.6) is 0 Å². The lowest BCUT2D eigenvalue weighted by atomic mass is 10.2. The van der Waals surface area contributed by atoms with Crippen molar-refractivity contribution in [2.75, 3.05) is 51.2 Å². The maximum absolute atomic E-state index is 11.9. The number of aliphatic hydroxyl groups is 1. The van der Waals surface area contributed by atoms with E-state index in [0.29, 0.717) is 6.42 Å². The molecule has 1 fully saturated rings. The van der Waals surface area contributed by atoms with Crippen molar-refractivity contribution in [3.63, 3.8) is 0 Å². The second-order valence-corrected chi connectivity index (χ2v) is 5.57. The summed E-state index contributed by atoms with van der Waals surface area (Å²) >= 11 is 0. The molecule has 0 saturated carbocycles. The summed E-state index contributed by atoms with van der Waals surface area (Å²) in [6, 6.07) is 7.85. The molecule has 1 heterocycles. The number of aryl methyl sites for hydroxylation is 1. The van der Waals surface area contributed by atoms with Gasteiger partial charge in [0.25, 0.3) is 0 Å². The molecule has 124 valence electrons. The molecule has 0 spiro atoms. The molecular weight excluding hydrogens is 302 g/mol. The Morgan fingerprint density at radius 1 is 1.09 bits per heavy atom. The summed E-state index contributed by atoms with van der Waals surface area (Å²) in [5, 5.41) is 11.8. The Kier molecular flexibility index (Phi) is 8.42. The first kappa shape index (κ1) is 18.9. The number of piperazine rings is 1. The fourth-order valence-corrected chi connectivity index (χ4v) is 2.50. The molecule has 2 N–H and O–H groups in total. The van der Waals surface area contributed by atoms with Crippen molar-refractivity contribution < 1.29 is 9.90 Å². The predicted molar refractivity (Wildman–Crippen MR) is 91.6 cm³/mol. The van der Waals surface area contributed by atoms with E-state index in [1.807, 2.05) is 31.2 Å². The van der Waals surface area contributed by atoms with Gasteiger partial charge >= 0.3 is 0 Å². The van der Waals surface area contributed by atoms with Crippen LogP contribution >= 0.6 is 12.4 Å². The van der Waals surface area contributed by atoms with E-state index in [-0.39, 0.29) is 24.9 Å². The summed E-state index contributed by atoms with van der Waals surface area (Å²) < 4.78 is 0. The number of β-amino-alcohol motifs (C(OH)–C–C–N with tert-alkyl or cyclic N) is 1. The summed E-state index contributed by atoms with van der Waals surface area (Å²) in [7, 11) is 0. The van der Waals surface area contributed by atoms with E-state index in [4.69, 9.17) is 5.11 Å². The molecule has 0 bridgehead atoms. The maximum Gasteiger partial charge on any atom is 0.225 e. The van der Waals surface area contributed by atoms with Crippen LogP contribution in [0.2, 0.25) is 0 Å². The lowest BCUT2D eigenvalue weighted by molar-refractivity contribution is -0.116. The van der Waals surface area contributed by atoms with Gasteiger partial charge in [-0.1, -0.05) is 17.7 Å². The number of carbonyl (C=O) groups is 1.